The van der Waals surface area contributed by atoms with Gasteiger partial charge in [-0.05, 0) is 18.6 Å². The van der Waals surface area contributed by atoms with E-state index in [-0.39, 0.29) is 34.5 Å². The molecule has 0 aromatic heterocycles. The fourth-order valence-electron chi connectivity index (χ4n) is 2.27. The van der Waals surface area contributed by atoms with Crippen molar-refractivity contribution >= 4 is 29.2 Å². The van der Waals surface area contributed by atoms with Crippen molar-refractivity contribution in [1.82, 2.24) is 4.90 Å². The Labute approximate surface area is 157 Å². The van der Waals surface area contributed by atoms with E-state index in [0.29, 0.717) is 6.54 Å². The Balaban J connectivity index is 1.97. The van der Waals surface area contributed by atoms with Crippen molar-refractivity contribution in [2.24, 2.45) is 0 Å². The molecular formula is C19H21ClN2O4. The van der Waals surface area contributed by atoms with Crippen molar-refractivity contribution in [2.45, 2.75) is 13.5 Å². The number of benzene rings is 2. The first-order valence-electron chi connectivity index (χ1n) is 7.91. The van der Waals surface area contributed by atoms with E-state index in [9.17, 15) is 9.59 Å². The number of aryl methyl sites for hydroxylation is 1. The van der Waals surface area contributed by atoms with Gasteiger partial charge in [-0.25, -0.2) is 4.79 Å². The maximum atomic E-state index is 12.2. The standard InChI is InChI=1S/C19H21ClN2O4/c1-12-4-6-13(7-5-12)10-22(2)18(23)11-26-19(24)14-8-15(20)16(21)9-17(14)25-3/h4-9H,10-11,21H2,1-3H3. The molecule has 0 heterocycles. The van der Waals surface area contributed by atoms with Gasteiger partial charge >= 0.3 is 5.97 Å². The number of esters is 1. The molecule has 2 aromatic carbocycles. The third kappa shape index (κ3) is 4.89. The van der Waals surface area contributed by atoms with Crippen LogP contribution in [-0.4, -0.2) is 37.5 Å². The number of nitrogens with zero attached hydrogens (tertiary/aromatic N) is 1. The number of halogens is 1. The highest BCUT2D eigenvalue weighted by molar-refractivity contribution is 6.33. The molecule has 7 heteroatoms. The molecule has 0 saturated heterocycles. The molecule has 0 spiro atoms. The van der Waals surface area contributed by atoms with Gasteiger partial charge in [0.15, 0.2) is 6.61 Å². The lowest BCUT2D eigenvalue weighted by molar-refractivity contribution is -0.133. The van der Waals surface area contributed by atoms with Crippen LogP contribution in [0.25, 0.3) is 0 Å². The third-order valence-electron chi connectivity index (χ3n) is 3.83. The second-order valence-corrected chi connectivity index (χ2v) is 6.29. The molecular weight excluding hydrogens is 356 g/mol. The van der Waals surface area contributed by atoms with Crippen LogP contribution < -0.4 is 10.5 Å². The highest BCUT2D eigenvalue weighted by Crippen LogP contribution is 2.29. The van der Waals surface area contributed by atoms with Crippen LogP contribution in [-0.2, 0) is 16.1 Å². The van der Waals surface area contributed by atoms with Gasteiger partial charge in [-0.15, -0.1) is 0 Å². The molecule has 138 valence electrons. The van der Waals surface area contributed by atoms with Crippen molar-refractivity contribution in [2.75, 3.05) is 26.5 Å². The summed E-state index contributed by atoms with van der Waals surface area (Å²) in [5, 5.41) is 0.209. The van der Waals surface area contributed by atoms with Gasteiger partial charge in [0.05, 0.1) is 17.8 Å². The Morgan fingerprint density at radius 2 is 1.85 bits per heavy atom. The van der Waals surface area contributed by atoms with Gasteiger partial charge in [-0.3, -0.25) is 4.79 Å². The first-order chi connectivity index (χ1) is 12.3. The smallest absolute Gasteiger partial charge is 0.342 e. The summed E-state index contributed by atoms with van der Waals surface area (Å²) in [6.45, 7) is 2.04. The minimum absolute atomic E-state index is 0.112. The molecule has 2 rings (SSSR count). The first-order valence-corrected chi connectivity index (χ1v) is 8.29. The fourth-order valence-corrected chi connectivity index (χ4v) is 2.43. The van der Waals surface area contributed by atoms with Crippen molar-refractivity contribution in [1.29, 1.82) is 0 Å². The van der Waals surface area contributed by atoms with Gasteiger partial charge in [0.1, 0.15) is 11.3 Å². The lowest BCUT2D eigenvalue weighted by Crippen LogP contribution is -2.30. The van der Waals surface area contributed by atoms with Crippen molar-refractivity contribution in [3.05, 3.63) is 58.1 Å². The molecule has 2 aromatic rings. The van der Waals surface area contributed by atoms with Crippen LogP contribution in [0.1, 0.15) is 21.5 Å². The summed E-state index contributed by atoms with van der Waals surface area (Å²) >= 11 is 5.94. The lowest BCUT2D eigenvalue weighted by Gasteiger charge is -2.17. The predicted molar refractivity (Wildman–Crippen MR) is 100 cm³/mol. The predicted octanol–water partition coefficient (Wildman–Crippen LogP) is 3.05. The van der Waals surface area contributed by atoms with E-state index in [0.717, 1.165) is 11.1 Å². The minimum atomic E-state index is -0.708. The summed E-state index contributed by atoms with van der Waals surface area (Å²) in [5.74, 6) is -0.794. The van der Waals surface area contributed by atoms with Crippen molar-refractivity contribution in [3.8, 4) is 5.75 Å². The Morgan fingerprint density at radius 1 is 1.19 bits per heavy atom. The zero-order valence-electron chi connectivity index (χ0n) is 14.9. The van der Waals surface area contributed by atoms with Crippen molar-refractivity contribution in [3.63, 3.8) is 0 Å². The lowest BCUT2D eigenvalue weighted by atomic mass is 10.1. The van der Waals surface area contributed by atoms with Gasteiger partial charge in [0, 0.05) is 19.7 Å². The van der Waals surface area contributed by atoms with Crippen LogP contribution in [0.4, 0.5) is 5.69 Å². The molecule has 0 atom stereocenters. The molecule has 0 fully saturated rings. The topological polar surface area (TPSA) is 81.9 Å². The number of hydrogen-bond donors (Lipinski definition) is 1. The molecule has 2 N–H and O–H groups in total. The molecule has 0 radical (unpaired) electrons. The largest absolute Gasteiger partial charge is 0.496 e. The number of amides is 1. The normalized spacial score (nSPS) is 10.3. The Bertz CT molecular complexity index is 806. The maximum Gasteiger partial charge on any atom is 0.342 e. The number of rotatable bonds is 6. The zero-order chi connectivity index (χ0) is 19.3. The summed E-state index contributed by atoms with van der Waals surface area (Å²) in [4.78, 5) is 25.9. The van der Waals surface area contributed by atoms with Crippen LogP contribution in [0.5, 0.6) is 5.75 Å². The number of carbonyl (C=O) groups excluding carboxylic acids is 2. The molecule has 1 amide bonds. The average Bonchev–Trinajstić information content (AvgIpc) is 2.63. The zero-order valence-corrected chi connectivity index (χ0v) is 15.7. The molecule has 0 unspecified atom stereocenters. The quantitative estimate of drug-likeness (QED) is 0.619. The summed E-state index contributed by atoms with van der Waals surface area (Å²) in [6.07, 6.45) is 0. The molecule has 0 aliphatic rings. The van der Waals surface area contributed by atoms with Crippen LogP contribution in [0.3, 0.4) is 0 Å². The highest BCUT2D eigenvalue weighted by atomic mass is 35.5. The molecule has 0 bridgehead atoms. The number of ether oxygens (including phenoxy) is 2. The number of carbonyl (C=O) groups is 2. The van der Waals surface area contributed by atoms with Crippen LogP contribution in [0.15, 0.2) is 36.4 Å². The second kappa shape index (κ2) is 8.58. The number of nitrogen functional groups attached to an aromatic ring is 1. The Morgan fingerprint density at radius 3 is 2.46 bits per heavy atom. The fraction of sp³-hybridized carbons (Fsp3) is 0.263. The van der Waals surface area contributed by atoms with Crippen molar-refractivity contribution < 1.29 is 19.1 Å². The average molecular weight is 377 g/mol. The first kappa shape index (κ1) is 19.6. The van der Waals surface area contributed by atoms with E-state index in [4.69, 9.17) is 26.8 Å². The van der Waals surface area contributed by atoms with E-state index in [2.05, 4.69) is 0 Å². The molecule has 0 saturated carbocycles. The molecule has 26 heavy (non-hydrogen) atoms. The maximum absolute atomic E-state index is 12.2. The molecule has 6 nitrogen and oxygen atoms in total. The number of anilines is 1. The summed E-state index contributed by atoms with van der Waals surface area (Å²) in [7, 11) is 3.05. The number of methoxy groups -OCH3 is 1. The SMILES string of the molecule is COc1cc(N)c(Cl)cc1C(=O)OCC(=O)N(C)Cc1ccc(C)cc1. The van der Waals surface area contributed by atoms with Crippen LogP contribution in [0, 0.1) is 6.92 Å². The second-order valence-electron chi connectivity index (χ2n) is 5.89. The van der Waals surface area contributed by atoms with E-state index in [1.807, 2.05) is 31.2 Å². The van der Waals surface area contributed by atoms with Gasteiger partial charge in [0.25, 0.3) is 5.91 Å². The molecule has 0 aliphatic carbocycles. The van der Waals surface area contributed by atoms with E-state index in [1.54, 1.807) is 7.05 Å². The van der Waals surface area contributed by atoms with E-state index in [1.165, 1.54) is 24.1 Å². The third-order valence-corrected chi connectivity index (χ3v) is 4.16. The summed E-state index contributed by atoms with van der Waals surface area (Å²) in [6, 6.07) is 10.6. The van der Waals surface area contributed by atoms with Gasteiger partial charge in [-0.2, -0.15) is 0 Å². The summed E-state index contributed by atoms with van der Waals surface area (Å²) < 4.78 is 10.2. The van der Waals surface area contributed by atoms with Gasteiger partial charge in [0.2, 0.25) is 0 Å². The number of hydrogen-bond acceptors (Lipinski definition) is 5. The van der Waals surface area contributed by atoms with E-state index >= 15 is 0 Å². The molecule has 0 aliphatic heterocycles. The van der Waals surface area contributed by atoms with E-state index < -0.39 is 5.97 Å². The van der Waals surface area contributed by atoms with Gasteiger partial charge < -0.3 is 20.1 Å². The monoisotopic (exact) mass is 376 g/mol. The van der Waals surface area contributed by atoms with Gasteiger partial charge in [-0.1, -0.05) is 41.4 Å². The number of likely N-dealkylation sites (N-methyl/N-ethyl adjacent to an activating group) is 1. The Kier molecular flexibility index (Phi) is 6.46. The van der Waals surface area contributed by atoms with Crippen LogP contribution >= 0.6 is 11.6 Å². The minimum Gasteiger partial charge on any atom is -0.496 e. The van der Waals surface area contributed by atoms with Crippen LogP contribution in [0.2, 0.25) is 5.02 Å². The Hall–Kier alpha value is -2.73. The summed E-state index contributed by atoms with van der Waals surface area (Å²) in [5.41, 5.74) is 8.22. The number of nitrogens with two attached hydrogens (primary N) is 1. The highest BCUT2D eigenvalue weighted by Gasteiger charge is 2.19.